The maximum absolute atomic E-state index is 12.6. The molecule has 2 fully saturated rings. The van der Waals surface area contributed by atoms with Gasteiger partial charge in [0.15, 0.2) is 0 Å². The van der Waals surface area contributed by atoms with Crippen LogP contribution in [0.1, 0.15) is 31.2 Å². The van der Waals surface area contributed by atoms with Crippen molar-refractivity contribution in [2.75, 3.05) is 26.3 Å². The highest BCUT2D eigenvalue weighted by molar-refractivity contribution is 5.85. The summed E-state index contributed by atoms with van der Waals surface area (Å²) < 4.78 is 5.44. The molecule has 0 aromatic heterocycles. The third-order valence-corrected chi connectivity index (χ3v) is 4.73. The number of rotatable bonds is 5. The molecule has 4 nitrogen and oxygen atoms in total. The molecule has 0 radical (unpaired) electrons. The number of ether oxygens (including phenoxy) is 1. The number of amides is 1. The maximum Gasteiger partial charge on any atom is 0.224 e. The van der Waals surface area contributed by atoms with Gasteiger partial charge in [0.05, 0.1) is 13.2 Å². The van der Waals surface area contributed by atoms with E-state index in [1.807, 2.05) is 6.07 Å². The number of likely N-dealkylation sites (tertiary alicyclic amines) is 1. The van der Waals surface area contributed by atoms with E-state index in [-0.39, 0.29) is 18.4 Å². The van der Waals surface area contributed by atoms with E-state index in [1.165, 1.54) is 5.56 Å². The predicted molar refractivity (Wildman–Crippen MR) is 94.0 cm³/mol. The number of carbonyl (C=O) groups is 1. The van der Waals surface area contributed by atoms with Gasteiger partial charge in [0, 0.05) is 31.6 Å². The zero-order valence-electron chi connectivity index (χ0n) is 13.6. The molecular formula is C18H27ClN2O2. The van der Waals surface area contributed by atoms with Crippen molar-refractivity contribution in [2.45, 2.75) is 44.2 Å². The molecule has 2 unspecified atom stereocenters. The summed E-state index contributed by atoms with van der Waals surface area (Å²) in [6, 6.07) is 11.2. The molecule has 2 aliphatic rings. The molecule has 1 aromatic carbocycles. The number of aryl methyl sites for hydroxylation is 1. The summed E-state index contributed by atoms with van der Waals surface area (Å²) in [7, 11) is 0. The number of morpholine rings is 1. The van der Waals surface area contributed by atoms with Crippen molar-refractivity contribution in [3.8, 4) is 0 Å². The van der Waals surface area contributed by atoms with Crippen molar-refractivity contribution in [2.24, 2.45) is 0 Å². The van der Waals surface area contributed by atoms with Crippen molar-refractivity contribution < 1.29 is 9.53 Å². The van der Waals surface area contributed by atoms with E-state index in [0.717, 1.165) is 45.4 Å². The average molecular weight is 339 g/mol. The first-order chi connectivity index (χ1) is 10.8. The molecule has 2 aliphatic heterocycles. The lowest BCUT2D eigenvalue weighted by Gasteiger charge is -2.29. The van der Waals surface area contributed by atoms with Crippen molar-refractivity contribution in [3.63, 3.8) is 0 Å². The maximum atomic E-state index is 12.6. The van der Waals surface area contributed by atoms with E-state index in [1.54, 1.807) is 0 Å². The van der Waals surface area contributed by atoms with Gasteiger partial charge in [-0.3, -0.25) is 4.79 Å². The second-order valence-corrected chi connectivity index (χ2v) is 6.34. The zero-order chi connectivity index (χ0) is 15.2. The smallest absolute Gasteiger partial charge is 0.224 e. The Labute approximate surface area is 145 Å². The molecular weight excluding hydrogens is 312 g/mol. The second-order valence-electron chi connectivity index (χ2n) is 6.34. The SMILES string of the molecule is Cl.O=C(CC1COCCN1)N1CCCC1CCc1ccccc1. The molecule has 2 atom stereocenters. The van der Waals surface area contributed by atoms with Gasteiger partial charge in [0.2, 0.25) is 5.91 Å². The Morgan fingerprint density at radius 3 is 2.87 bits per heavy atom. The van der Waals surface area contributed by atoms with Gasteiger partial charge in [-0.25, -0.2) is 0 Å². The fraction of sp³-hybridized carbons (Fsp3) is 0.611. The Bertz CT molecular complexity index is 477. The van der Waals surface area contributed by atoms with E-state index in [0.29, 0.717) is 25.0 Å². The lowest BCUT2D eigenvalue weighted by atomic mass is 10.0. The Kier molecular flexibility index (Phi) is 7.34. The molecule has 1 N–H and O–H groups in total. The zero-order valence-corrected chi connectivity index (χ0v) is 14.4. The minimum atomic E-state index is 0. The summed E-state index contributed by atoms with van der Waals surface area (Å²) in [5.41, 5.74) is 1.36. The number of nitrogens with one attached hydrogen (secondary N) is 1. The Morgan fingerprint density at radius 1 is 1.30 bits per heavy atom. The predicted octanol–water partition coefficient (Wildman–Crippen LogP) is 2.41. The Balaban J connectivity index is 0.00000192. The van der Waals surface area contributed by atoms with Crippen LogP contribution in [-0.4, -0.2) is 49.2 Å². The number of halogens is 1. The Morgan fingerprint density at radius 2 is 2.13 bits per heavy atom. The lowest BCUT2D eigenvalue weighted by molar-refractivity contribution is -0.133. The van der Waals surface area contributed by atoms with Crippen LogP contribution in [0.15, 0.2) is 30.3 Å². The molecule has 0 saturated carbocycles. The molecule has 5 heteroatoms. The van der Waals surface area contributed by atoms with E-state index in [4.69, 9.17) is 4.74 Å². The van der Waals surface area contributed by atoms with Gasteiger partial charge in [0.25, 0.3) is 0 Å². The lowest BCUT2D eigenvalue weighted by Crippen LogP contribution is -2.46. The van der Waals surface area contributed by atoms with E-state index in [2.05, 4.69) is 34.5 Å². The van der Waals surface area contributed by atoms with Gasteiger partial charge in [0.1, 0.15) is 0 Å². The Hall–Kier alpha value is -1.10. The van der Waals surface area contributed by atoms with Crippen molar-refractivity contribution in [1.82, 2.24) is 10.2 Å². The second kappa shape index (κ2) is 9.26. The van der Waals surface area contributed by atoms with Crippen LogP contribution in [0.5, 0.6) is 0 Å². The van der Waals surface area contributed by atoms with Crippen LogP contribution in [0.25, 0.3) is 0 Å². The van der Waals surface area contributed by atoms with Crippen LogP contribution in [0.2, 0.25) is 0 Å². The van der Waals surface area contributed by atoms with Crippen LogP contribution >= 0.6 is 12.4 Å². The number of nitrogens with zero attached hydrogens (tertiary/aromatic N) is 1. The van der Waals surface area contributed by atoms with Gasteiger partial charge in [-0.1, -0.05) is 30.3 Å². The van der Waals surface area contributed by atoms with Gasteiger partial charge in [-0.05, 0) is 31.2 Å². The van der Waals surface area contributed by atoms with Crippen LogP contribution < -0.4 is 5.32 Å². The topological polar surface area (TPSA) is 41.6 Å². The first-order valence-corrected chi connectivity index (χ1v) is 8.47. The largest absolute Gasteiger partial charge is 0.378 e. The van der Waals surface area contributed by atoms with Crippen LogP contribution in [-0.2, 0) is 16.0 Å². The third-order valence-electron chi connectivity index (χ3n) is 4.73. The van der Waals surface area contributed by atoms with E-state index < -0.39 is 0 Å². The summed E-state index contributed by atoms with van der Waals surface area (Å²) in [4.78, 5) is 14.7. The highest BCUT2D eigenvalue weighted by Crippen LogP contribution is 2.23. The molecule has 128 valence electrons. The summed E-state index contributed by atoms with van der Waals surface area (Å²) >= 11 is 0. The van der Waals surface area contributed by atoms with Crippen molar-refractivity contribution in [1.29, 1.82) is 0 Å². The number of benzene rings is 1. The van der Waals surface area contributed by atoms with Gasteiger partial charge < -0.3 is 15.0 Å². The molecule has 1 amide bonds. The summed E-state index contributed by atoms with van der Waals surface area (Å²) in [6.07, 6.45) is 4.99. The average Bonchev–Trinajstić information content (AvgIpc) is 3.03. The van der Waals surface area contributed by atoms with Gasteiger partial charge in [-0.15, -0.1) is 12.4 Å². The van der Waals surface area contributed by atoms with Crippen molar-refractivity contribution >= 4 is 18.3 Å². The molecule has 1 aromatic rings. The molecule has 2 heterocycles. The monoisotopic (exact) mass is 338 g/mol. The van der Waals surface area contributed by atoms with Gasteiger partial charge >= 0.3 is 0 Å². The molecule has 23 heavy (non-hydrogen) atoms. The molecule has 0 bridgehead atoms. The summed E-state index contributed by atoms with van der Waals surface area (Å²) in [5, 5.41) is 3.37. The highest BCUT2D eigenvalue weighted by atomic mass is 35.5. The van der Waals surface area contributed by atoms with Crippen molar-refractivity contribution in [3.05, 3.63) is 35.9 Å². The van der Waals surface area contributed by atoms with Crippen LogP contribution in [0.4, 0.5) is 0 Å². The fourth-order valence-electron chi connectivity index (χ4n) is 3.52. The van der Waals surface area contributed by atoms with Crippen LogP contribution in [0.3, 0.4) is 0 Å². The minimum absolute atomic E-state index is 0. The molecule has 0 spiro atoms. The first-order valence-electron chi connectivity index (χ1n) is 8.47. The summed E-state index contributed by atoms with van der Waals surface area (Å²) in [5.74, 6) is 0.290. The quantitative estimate of drug-likeness (QED) is 0.896. The number of hydrogen-bond donors (Lipinski definition) is 1. The normalized spacial score (nSPS) is 24.3. The summed E-state index contributed by atoms with van der Waals surface area (Å²) in [6.45, 7) is 3.20. The van der Waals surface area contributed by atoms with Crippen LogP contribution in [0, 0.1) is 0 Å². The molecule has 0 aliphatic carbocycles. The van der Waals surface area contributed by atoms with Gasteiger partial charge in [-0.2, -0.15) is 0 Å². The highest BCUT2D eigenvalue weighted by Gasteiger charge is 2.30. The molecule has 3 rings (SSSR count). The third kappa shape index (κ3) is 5.20. The minimum Gasteiger partial charge on any atom is -0.378 e. The number of carbonyl (C=O) groups excluding carboxylic acids is 1. The standard InChI is InChI=1S/C18H26N2O2.ClH/c21-18(13-16-14-22-12-10-19-16)20-11-4-7-17(20)9-8-15-5-2-1-3-6-15;/h1-3,5-6,16-17,19H,4,7-14H2;1H. The van der Waals surface area contributed by atoms with E-state index in [9.17, 15) is 4.79 Å². The fourth-order valence-corrected chi connectivity index (χ4v) is 3.52. The number of hydrogen-bond acceptors (Lipinski definition) is 3. The van der Waals surface area contributed by atoms with E-state index >= 15 is 0 Å². The molecule has 2 saturated heterocycles. The first kappa shape index (κ1) is 18.2.